The molecule has 0 saturated heterocycles. The second-order valence-corrected chi connectivity index (χ2v) is 2.72. The third-order valence-electron chi connectivity index (χ3n) is 1.54. The van der Waals surface area contributed by atoms with E-state index in [1.807, 2.05) is 50.6 Å². The SMILES string of the molecule is C/C=C\N(C)Cc1ccccn1. The normalized spacial score (nSPS) is 10.5. The fourth-order valence-corrected chi connectivity index (χ4v) is 1.05. The van der Waals surface area contributed by atoms with Gasteiger partial charge in [0, 0.05) is 13.2 Å². The van der Waals surface area contributed by atoms with E-state index in [-0.39, 0.29) is 0 Å². The molecule has 0 radical (unpaired) electrons. The van der Waals surface area contributed by atoms with E-state index in [1.54, 1.807) is 0 Å². The molecule has 1 heterocycles. The molecule has 0 atom stereocenters. The van der Waals surface area contributed by atoms with Crippen LogP contribution in [0.2, 0.25) is 0 Å². The molecule has 12 heavy (non-hydrogen) atoms. The van der Waals surface area contributed by atoms with Crippen molar-refractivity contribution >= 4 is 0 Å². The lowest BCUT2D eigenvalue weighted by atomic mass is 10.3. The lowest BCUT2D eigenvalue weighted by Gasteiger charge is -2.12. The number of hydrogen-bond donors (Lipinski definition) is 0. The first kappa shape index (κ1) is 8.78. The fourth-order valence-electron chi connectivity index (χ4n) is 1.05. The number of allylic oxidation sites excluding steroid dienone is 1. The van der Waals surface area contributed by atoms with Crippen molar-refractivity contribution in [1.82, 2.24) is 9.88 Å². The highest BCUT2D eigenvalue weighted by molar-refractivity contribution is 5.03. The van der Waals surface area contributed by atoms with Crippen molar-refractivity contribution < 1.29 is 0 Å². The molecule has 1 rings (SSSR count). The summed E-state index contributed by atoms with van der Waals surface area (Å²) in [5.74, 6) is 0. The Morgan fingerprint density at radius 3 is 2.92 bits per heavy atom. The standard InChI is InChI=1S/C10H14N2/c1-3-8-12(2)9-10-6-4-5-7-11-10/h3-8H,9H2,1-2H3/b8-3-. The van der Waals surface area contributed by atoms with Crippen LogP contribution < -0.4 is 0 Å². The minimum atomic E-state index is 0.866. The van der Waals surface area contributed by atoms with Gasteiger partial charge in [-0.3, -0.25) is 4.98 Å². The summed E-state index contributed by atoms with van der Waals surface area (Å²) in [6.45, 7) is 2.88. The Labute approximate surface area is 73.5 Å². The largest absolute Gasteiger partial charge is 0.375 e. The van der Waals surface area contributed by atoms with Crippen LogP contribution >= 0.6 is 0 Å². The van der Waals surface area contributed by atoms with Crippen molar-refractivity contribution in [2.75, 3.05) is 7.05 Å². The molecule has 0 aromatic carbocycles. The molecule has 1 aromatic heterocycles. The van der Waals surface area contributed by atoms with Gasteiger partial charge in [0.25, 0.3) is 0 Å². The summed E-state index contributed by atoms with van der Waals surface area (Å²) < 4.78 is 0. The quantitative estimate of drug-likeness (QED) is 0.676. The summed E-state index contributed by atoms with van der Waals surface area (Å²) in [5, 5.41) is 0. The number of rotatable bonds is 3. The molecule has 2 nitrogen and oxygen atoms in total. The number of nitrogens with zero attached hydrogens (tertiary/aromatic N) is 2. The molecule has 0 amide bonds. The third-order valence-corrected chi connectivity index (χ3v) is 1.54. The first-order valence-electron chi connectivity index (χ1n) is 4.06. The van der Waals surface area contributed by atoms with Gasteiger partial charge in [-0.05, 0) is 25.3 Å². The van der Waals surface area contributed by atoms with Gasteiger partial charge in [-0.15, -0.1) is 0 Å². The average molecular weight is 162 g/mol. The second-order valence-electron chi connectivity index (χ2n) is 2.72. The maximum atomic E-state index is 4.23. The van der Waals surface area contributed by atoms with Crippen LogP contribution in [-0.4, -0.2) is 16.9 Å². The van der Waals surface area contributed by atoms with E-state index in [0.717, 1.165) is 12.2 Å². The summed E-state index contributed by atoms with van der Waals surface area (Å²) in [6, 6.07) is 5.96. The van der Waals surface area contributed by atoms with E-state index >= 15 is 0 Å². The lowest BCUT2D eigenvalue weighted by Crippen LogP contribution is -2.10. The van der Waals surface area contributed by atoms with Gasteiger partial charge in [-0.1, -0.05) is 12.1 Å². The van der Waals surface area contributed by atoms with Crippen molar-refractivity contribution in [2.24, 2.45) is 0 Å². The van der Waals surface area contributed by atoms with Crippen LogP contribution in [0.3, 0.4) is 0 Å². The van der Waals surface area contributed by atoms with Crippen molar-refractivity contribution in [3.8, 4) is 0 Å². The zero-order valence-electron chi connectivity index (χ0n) is 7.57. The van der Waals surface area contributed by atoms with Crippen LogP contribution in [0.25, 0.3) is 0 Å². The minimum absolute atomic E-state index is 0.866. The molecule has 0 aliphatic carbocycles. The second kappa shape index (κ2) is 4.54. The highest BCUT2D eigenvalue weighted by Crippen LogP contribution is 1.98. The van der Waals surface area contributed by atoms with Crippen LogP contribution in [-0.2, 0) is 6.54 Å². The molecule has 0 aliphatic heterocycles. The van der Waals surface area contributed by atoms with E-state index in [2.05, 4.69) is 9.88 Å². The number of hydrogen-bond acceptors (Lipinski definition) is 2. The average Bonchev–Trinajstić information content (AvgIpc) is 2.06. The molecule has 0 unspecified atom stereocenters. The molecule has 0 saturated carbocycles. The molecule has 1 aromatic rings. The first-order valence-corrected chi connectivity index (χ1v) is 4.06. The van der Waals surface area contributed by atoms with Crippen LogP contribution in [0.4, 0.5) is 0 Å². The Kier molecular flexibility index (Phi) is 3.33. The summed E-state index contributed by atoms with van der Waals surface area (Å²) >= 11 is 0. The van der Waals surface area contributed by atoms with Crippen LogP contribution in [0.5, 0.6) is 0 Å². The molecule has 0 bridgehead atoms. The Hall–Kier alpha value is -1.31. The van der Waals surface area contributed by atoms with Crippen LogP contribution in [0.1, 0.15) is 12.6 Å². The zero-order valence-corrected chi connectivity index (χ0v) is 7.57. The van der Waals surface area contributed by atoms with E-state index in [9.17, 15) is 0 Å². The summed E-state index contributed by atoms with van der Waals surface area (Å²) in [6.07, 6.45) is 5.87. The Morgan fingerprint density at radius 1 is 1.50 bits per heavy atom. The Balaban J connectivity index is 2.52. The van der Waals surface area contributed by atoms with Crippen molar-refractivity contribution in [1.29, 1.82) is 0 Å². The Bertz CT molecular complexity index is 241. The third kappa shape index (κ3) is 2.74. The van der Waals surface area contributed by atoms with Crippen molar-refractivity contribution in [2.45, 2.75) is 13.5 Å². The van der Waals surface area contributed by atoms with Gasteiger partial charge in [0.15, 0.2) is 0 Å². The topological polar surface area (TPSA) is 16.1 Å². The van der Waals surface area contributed by atoms with Crippen LogP contribution in [0.15, 0.2) is 36.7 Å². The summed E-state index contributed by atoms with van der Waals surface area (Å²) in [4.78, 5) is 6.32. The van der Waals surface area contributed by atoms with Gasteiger partial charge in [0.1, 0.15) is 0 Å². The van der Waals surface area contributed by atoms with Gasteiger partial charge in [0.2, 0.25) is 0 Å². The minimum Gasteiger partial charge on any atom is -0.375 e. The van der Waals surface area contributed by atoms with E-state index in [4.69, 9.17) is 0 Å². The summed E-state index contributed by atoms with van der Waals surface area (Å²) in [7, 11) is 2.04. The maximum absolute atomic E-state index is 4.23. The van der Waals surface area contributed by atoms with Gasteiger partial charge < -0.3 is 4.90 Å². The fraction of sp³-hybridized carbons (Fsp3) is 0.300. The van der Waals surface area contributed by atoms with Crippen molar-refractivity contribution in [3.05, 3.63) is 42.4 Å². The monoisotopic (exact) mass is 162 g/mol. The smallest absolute Gasteiger partial charge is 0.0596 e. The number of aromatic nitrogens is 1. The molecular formula is C10H14N2. The van der Waals surface area contributed by atoms with Gasteiger partial charge in [-0.2, -0.15) is 0 Å². The van der Waals surface area contributed by atoms with Crippen molar-refractivity contribution in [3.63, 3.8) is 0 Å². The van der Waals surface area contributed by atoms with Gasteiger partial charge in [0.05, 0.1) is 12.2 Å². The molecular weight excluding hydrogens is 148 g/mol. The zero-order chi connectivity index (χ0) is 8.81. The molecule has 2 heteroatoms. The van der Waals surface area contributed by atoms with E-state index in [0.29, 0.717) is 0 Å². The Morgan fingerprint density at radius 2 is 2.33 bits per heavy atom. The molecule has 0 N–H and O–H groups in total. The summed E-state index contributed by atoms with van der Waals surface area (Å²) in [5.41, 5.74) is 1.10. The van der Waals surface area contributed by atoms with Gasteiger partial charge in [-0.25, -0.2) is 0 Å². The number of pyridine rings is 1. The predicted octanol–water partition coefficient (Wildman–Crippen LogP) is 2.05. The highest BCUT2D eigenvalue weighted by atomic mass is 15.1. The first-order chi connectivity index (χ1) is 5.83. The lowest BCUT2D eigenvalue weighted by molar-refractivity contribution is 0.443. The molecule has 0 aliphatic rings. The van der Waals surface area contributed by atoms with Gasteiger partial charge >= 0.3 is 0 Å². The van der Waals surface area contributed by atoms with E-state index < -0.39 is 0 Å². The highest BCUT2D eigenvalue weighted by Gasteiger charge is 1.93. The van der Waals surface area contributed by atoms with E-state index in [1.165, 1.54) is 0 Å². The molecule has 64 valence electrons. The maximum Gasteiger partial charge on any atom is 0.0596 e. The van der Waals surface area contributed by atoms with Crippen LogP contribution in [0, 0.1) is 0 Å². The molecule has 0 fully saturated rings. The molecule has 0 spiro atoms. The predicted molar refractivity (Wildman–Crippen MR) is 50.5 cm³/mol.